The Kier molecular flexibility index (Phi) is 5.20. The number of likely N-dealkylation sites (tertiary alicyclic amines) is 1. The number of hydrogen-bond acceptors (Lipinski definition) is 3. The van der Waals surface area contributed by atoms with Gasteiger partial charge in [0.25, 0.3) is 5.91 Å². The summed E-state index contributed by atoms with van der Waals surface area (Å²) >= 11 is 11.6. The lowest BCUT2D eigenvalue weighted by molar-refractivity contribution is -0.127. The van der Waals surface area contributed by atoms with Crippen LogP contribution in [0, 0.1) is 0 Å². The molecule has 1 saturated heterocycles. The quantitative estimate of drug-likeness (QED) is 0.669. The Labute approximate surface area is 127 Å². The Bertz CT molecular complexity index is 522. The fourth-order valence-electron chi connectivity index (χ4n) is 2.07. The number of rotatable bonds is 5. The molecule has 1 fully saturated rings. The van der Waals surface area contributed by atoms with Crippen molar-refractivity contribution in [2.24, 2.45) is 0 Å². The van der Waals surface area contributed by atoms with Crippen LogP contribution in [0.3, 0.4) is 0 Å². The molecule has 108 valence electrons. The summed E-state index contributed by atoms with van der Waals surface area (Å²) in [6.07, 6.45) is 2.26. The second-order valence-corrected chi connectivity index (χ2v) is 5.35. The van der Waals surface area contributed by atoms with Gasteiger partial charge < -0.3 is 10.2 Å². The zero-order valence-electron chi connectivity index (χ0n) is 10.9. The van der Waals surface area contributed by atoms with Crippen molar-refractivity contribution in [1.82, 2.24) is 15.2 Å². The number of halogens is 2. The molecule has 0 radical (unpaired) electrons. The minimum Gasteiger partial charge on any atom is -0.351 e. The van der Waals surface area contributed by atoms with Gasteiger partial charge in [-0.15, -0.1) is 0 Å². The highest BCUT2D eigenvalue weighted by atomic mass is 35.5. The van der Waals surface area contributed by atoms with Gasteiger partial charge >= 0.3 is 0 Å². The maximum atomic E-state index is 11.9. The predicted molar refractivity (Wildman–Crippen MR) is 77.0 cm³/mol. The number of pyridine rings is 1. The molecule has 2 rings (SSSR count). The molecular formula is C13H15Cl2N3O2. The molecule has 7 heteroatoms. The Morgan fingerprint density at radius 2 is 2.20 bits per heavy atom. The van der Waals surface area contributed by atoms with Gasteiger partial charge in [0.2, 0.25) is 5.91 Å². The van der Waals surface area contributed by atoms with Crippen LogP contribution in [0.4, 0.5) is 0 Å². The topological polar surface area (TPSA) is 62.3 Å². The van der Waals surface area contributed by atoms with Crippen LogP contribution in [0.2, 0.25) is 10.2 Å². The summed E-state index contributed by atoms with van der Waals surface area (Å²) in [4.78, 5) is 29.0. The number of hydrogen-bond donors (Lipinski definition) is 1. The molecule has 0 unspecified atom stereocenters. The number of nitrogens with one attached hydrogen (secondary N) is 1. The summed E-state index contributed by atoms with van der Waals surface area (Å²) in [6.45, 7) is 1.94. The summed E-state index contributed by atoms with van der Waals surface area (Å²) < 4.78 is 0. The Morgan fingerprint density at radius 3 is 2.90 bits per heavy atom. The first kappa shape index (κ1) is 15.1. The molecule has 2 amide bonds. The highest BCUT2D eigenvalue weighted by Gasteiger charge is 2.19. The van der Waals surface area contributed by atoms with E-state index in [1.54, 1.807) is 0 Å². The highest BCUT2D eigenvalue weighted by molar-refractivity contribution is 6.34. The number of nitrogens with zero attached hydrogens (tertiary/aromatic N) is 2. The standard InChI is InChI=1S/C13H15Cl2N3O2/c14-9-4-5-10(15)17-12(9)13(20)16-6-2-8-18-7-1-3-11(18)19/h4-5H,1-3,6-8H2,(H,16,20). The smallest absolute Gasteiger partial charge is 0.271 e. The molecule has 1 aromatic rings. The highest BCUT2D eigenvalue weighted by Crippen LogP contribution is 2.16. The van der Waals surface area contributed by atoms with Gasteiger partial charge in [-0.25, -0.2) is 4.98 Å². The molecule has 1 aliphatic rings. The molecule has 1 aromatic heterocycles. The second kappa shape index (κ2) is 6.90. The van der Waals surface area contributed by atoms with E-state index in [4.69, 9.17) is 23.2 Å². The number of amides is 2. The van der Waals surface area contributed by atoms with E-state index in [0.29, 0.717) is 25.9 Å². The number of carbonyl (C=O) groups excluding carboxylic acids is 2. The van der Waals surface area contributed by atoms with E-state index >= 15 is 0 Å². The molecule has 0 aromatic carbocycles. The van der Waals surface area contributed by atoms with Gasteiger partial charge in [0.1, 0.15) is 10.8 Å². The van der Waals surface area contributed by atoms with Crippen molar-refractivity contribution in [3.8, 4) is 0 Å². The fraction of sp³-hybridized carbons (Fsp3) is 0.462. The van der Waals surface area contributed by atoms with Gasteiger partial charge in [-0.3, -0.25) is 9.59 Å². The van der Waals surface area contributed by atoms with Crippen LogP contribution in [0.25, 0.3) is 0 Å². The van der Waals surface area contributed by atoms with E-state index in [0.717, 1.165) is 13.0 Å². The molecule has 2 heterocycles. The lowest BCUT2D eigenvalue weighted by Gasteiger charge is -2.15. The lowest BCUT2D eigenvalue weighted by Crippen LogP contribution is -2.31. The van der Waals surface area contributed by atoms with Gasteiger partial charge in [0.15, 0.2) is 0 Å². The van der Waals surface area contributed by atoms with Gasteiger partial charge in [-0.2, -0.15) is 0 Å². The maximum absolute atomic E-state index is 11.9. The van der Waals surface area contributed by atoms with Crippen molar-refractivity contribution < 1.29 is 9.59 Å². The van der Waals surface area contributed by atoms with Gasteiger partial charge in [-0.05, 0) is 25.0 Å². The molecule has 0 aliphatic carbocycles. The minimum atomic E-state index is -0.356. The van der Waals surface area contributed by atoms with Crippen LogP contribution in [-0.2, 0) is 4.79 Å². The van der Waals surface area contributed by atoms with Gasteiger partial charge in [0, 0.05) is 26.1 Å². The Balaban J connectivity index is 1.77. The minimum absolute atomic E-state index is 0.122. The first-order valence-corrected chi connectivity index (χ1v) is 7.21. The molecule has 1 N–H and O–H groups in total. The summed E-state index contributed by atoms with van der Waals surface area (Å²) in [5, 5.41) is 3.21. The molecule has 0 spiro atoms. The van der Waals surface area contributed by atoms with Crippen LogP contribution in [0.15, 0.2) is 12.1 Å². The SMILES string of the molecule is O=C(NCCCN1CCCC1=O)c1nc(Cl)ccc1Cl. The van der Waals surface area contributed by atoms with E-state index < -0.39 is 0 Å². The Hall–Kier alpha value is -1.33. The normalized spacial score (nSPS) is 14.7. The van der Waals surface area contributed by atoms with E-state index in [1.165, 1.54) is 12.1 Å². The summed E-state index contributed by atoms with van der Waals surface area (Å²) in [5.41, 5.74) is 0.122. The zero-order valence-corrected chi connectivity index (χ0v) is 12.4. The zero-order chi connectivity index (χ0) is 14.5. The van der Waals surface area contributed by atoms with Crippen LogP contribution >= 0.6 is 23.2 Å². The van der Waals surface area contributed by atoms with E-state index in [-0.39, 0.29) is 27.7 Å². The average Bonchev–Trinajstić information content (AvgIpc) is 2.83. The molecular weight excluding hydrogens is 301 g/mol. The number of carbonyl (C=O) groups is 2. The molecule has 5 nitrogen and oxygen atoms in total. The fourth-order valence-corrected chi connectivity index (χ4v) is 2.41. The van der Waals surface area contributed by atoms with Gasteiger partial charge in [0.05, 0.1) is 5.02 Å². The molecule has 20 heavy (non-hydrogen) atoms. The van der Waals surface area contributed by atoms with Crippen LogP contribution in [0.5, 0.6) is 0 Å². The van der Waals surface area contributed by atoms with E-state index in [2.05, 4.69) is 10.3 Å². The van der Waals surface area contributed by atoms with E-state index in [1.807, 2.05) is 4.90 Å². The number of aromatic nitrogens is 1. The average molecular weight is 316 g/mol. The monoisotopic (exact) mass is 315 g/mol. The maximum Gasteiger partial charge on any atom is 0.271 e. The predicted octanol–water partition coefficient (Wildman–Crippen LogP) is 2.13. The first-order chi connectivity index (χ1) is 9.58. The van der Waals surface area contributed by atoms with E-state index in [9.17, 15) is 9.59 Å². The van der Waals surface area contributed by atoms with Crippen molar-refractivity contribution in [3.63, 3.8) is 0 Å². The first-order valence-electron chi connectivity index (χ1n) is 6.46. The van der Waals surface area contributed by atoms with Crippen LogP contribution in [0.1, 0.15) is 29.8 Å². The third-order valence-electron chi connectivity index (χ3n) is 3.09. The molecule has 0 atom stereocenters. The van der Waals surface area contributed by atoms with Crippen molar-refractivity contribution in [2.75, 3.05) is 19.6 Å². The third kappa shape index (κ3) is 3.84. The Morgan fingerprint density at radius 1 is 1.40 bits per heavy atom. The van der Waals surface area contributed by atoms with Crippen molar-refractivity contribution in [3.05, 3.63) is 28.0 Å². The molecule has 0 saturated carbocycles. The van der Waals surface area contributed by atoms with Crippen molar-refractivity contribution in [1.29, 1.82) is 0 Å². The van der Waals surface area contributed by atoms with Crippen molar-refractivity contribution >= 4 is 35.0 Å². The van der Waals surface area contributed by atoms with Crippen molar-refractivity contribution in [2.45, 2.75) is 19.3 Å². The lowest BCUT2D eigenvalue weighted by atomic mass is 10.3. The van der Waals surface area contributed by atoms with Gasteiger partial charge in [-0.1, -0.05) is 23.2 Å². The molecule has 1 aliphatic heterocycles. The van der Waals surface area contributed by atoms with Crippen LogP contribution < -0.4 is 5.32 Å². The summed E-state index contributed by atoms with van der Waals surface area (Å²) in [5.74, 6) is -0.166. The summed E-state index contributed by atoms with van der Waals surface area (Å²) in [7, 11) is 0. The largest absolute Gasteiger partial charge is 0.351 e. The molecule has 0 bridgehead atoms. The summed E-state index contributed by atoms with van der Waals surface area (Å²) in [6, 6.07) is 3.06. The van der Waals surface area contributed by atoms with Crippen LogP contribution in [-0.4, -0.2) is 41.3 Å². The third-order valence-corrected chi connectivity index (χ3v) is 3.60. The second-order valence-electron chi connectivity index (χ2n) is 4.56.